The van der Waals surface area contributed by atoms with Crippen molar-refractivity contribution in [3.05, 3.63) is 29.8 Å². The molecular weight excluding hydrogens is 230 g/mol. The molecule has 0 aromatic heterocycles. The third kappa shape index (κ3) is 3.58. The van der Waals surface area contributed by atoms with Crippen LogP contribution < -0.4 is 5.32 Å². The molecule has 1 aromatic carbocycles. The Hall–Kier alpha value is -1.84. The van der Waals surface area contributed by atoms with Crippen LogP contribution in [0.1, 0.15) is 38.1 Å². The lowest BCUT2D eigenvalue weighted by Crippen LogP contribution is -2.41. The minimum atomic E-state index is -0.798. The van der Waals surface area contributed by atoms with E-state index in [9.17, 15) is 9.59 Å². The minimum absolute atomic E-state index is 0.0196. The first-order chi connectivity index (χ1) is 8.36. The van der Waals surface area contributed by atoms with Crippen LogP contribution in [-0.2, 0) is 9.53 Å². The van der Waals surface area contributed by atoms with Gasteiger partial charge in [0.1, 0.15) is 5.54 Å². The monoisotopic (exact) mass is 249 g/mol. The molecule has 0 bridgehead atoms. The SMILES string of the molecule is CCOC(=O)C(C)(C)Nc1ccc(C(C)=O)cc1. The van der Waals surface area contributed by atoms with Gasteiger partial charge in [-0.15, -0.1) is 0 Å². The van der Waals surface area contributed by atoms with Gasteiger partial charge in [-0.3, -0.25) is 4.79 Å². The number of hydrogen-bond acceptors (Lipinski definition) is 4. The molecule has 0 aliphatic carbocycles. The summed E-state index contributed by atoms with van der Waals surface area (Å²) < 4.78 is 4.99. The lowest BCUT2D eigenvalue weighted by atomic mass is 10.0. The molecule has 18 heavy (non-hydrogen) atoms. The van der Waals surface area contributed by atoms with E-state index >= 15 is 0 Å². The Morgan fingerprint density at radius 1 is 1.22 bits per heavy atom. The van der Waals surface area contributed by atoms with Gasteiger partial charge in [-0.2, -0.15) is 0 Å². The number of ether oxygens (including phenoxy) is 1. The number of rotatable bonds is 5. The molecule has 0 atom stereocenters. The Bertz CT molecular complexity index is 435. The zero-order valence-corrected chi connectivity index (χ0v) is 11.2. The highest BCUT2D eigenvalue weighted by molar-refractivity contribution is 5.94. The number of benzene rings is 1. The van der Waals surface area contributed by atoms with Gasteiger partial charge in [0.2, 0.25) is 0 Å². The van der Waals surface area contributed by atoms with E-state index in [1.165, 1.54) is 6.92 Å². The van der Waals surface area contributed by atoms with E-state index in [2.05, 4.69) is 5.32 Å². The lowest BCUT2D eigenvalue weighted by molar-refractivity contribution is -0.147. The van der Waals surface area contributed by atoms with Crippen molar-refractivity contribution in [1.82, 2.24) is 0 Å². The topological polar surface area (TPSA) is 55.4 Å². The number of ketones is 1. The van der Waals surface area contributed by atoms with Crippen molar-refractivity contribution in [2.75, 3.05) is 11.9 Å². The fourth-order valence-corrected chi connectivity index (χ4v) is 1.51. The molecule has 0 radical (unpaired) electrons. The number of carbonyl (C=O) groups is 2. The number of nitrogens with one attached hydrogen (secondary N) is 1. The smallest absolute Gasteiger partial charge is 0.331 e. The van der Waals surface area contributed by atoms with Crippen LogP contribution >= 0.6 is 0 Å². The molecule has 0 fully saturated rings. The maximum atomic E-state index is 11.7. The molecule has 1 N–H and O–H groups in total. The van der Waals surface area contributed by atoms with E-state index in [0.29, 0.717) is 12.2 Å². The second-order valence-corrected chi connectivity index (χ2v) is 4.60. The van der Waals surface area contributed by atoms with E-state index in [1.807, 2.05) is 0 Å². The Labute approximate surface area is 107 Å². The second-order valence-electron chi connectivity index (χ2n) is 4.60. The first kappa shape index (κ1) is 14.2. The van der Waals surface area contributed by atoms with E-state index in [1.54, 1.807) is 45.0 Å². The first-order valence-electron chi connectivity index (χ1n) is 5.93. The predicted octanol–water partition coefficient (Wildman–Crippen LogP) is 2.64. The van der Waals surface area contributed by atoms with Gasteiger partial charge in [-0.05, 0) is 52.0 Å². The van der Waals surface area contributed by atoms with Crippen LogP contribution in [0.25, 0.3) is 0 Å². The highest BCUT2D eigenvalue weighted by Gasteiger charge is 2.28. The van der Waals surface area contributed by atoms with Gasteiger partial charge in [0.25, 0.3) is 0 Å². The summed E-state index contributed by atoms with van der Waals surface area (Å²) in [6, 6.07) is 7.01. The molecule has 0 spiro atoms. The summed E-state index contributed by atoms with van der Waals surface area (Å²) >= 11 is 0. The van der Waals surface area contributed by atoms with Gasteiger partial charge in [0, 0.05) is 11.3 Å². The Morgan fingerprint density at radius 2 is 1.78 bits per heavy atom. The standard InChI is InChI=1S/C14H19NO3/c1-5-18-13(17)14(3,4)15-12-8-6-11(7-9-12)10(2)16/h6-9,15H,5H2,1-4H3. The summed E-state index contributed by atoms with van der Waals surface area (Å²) in [5.41, 5.74) is 0.626. The highest BCUT2D eigenvalue weighted by Crippen LogP contribution is 2.17. The number of carbonyl (C=O) groups excluding carboxylic acids is 2. The van der Waals surface area contributed by atoms with E-state index < -0.39 is 5.54 Å². The summed E-state index contributed by atoms with van der Waals surface area (Å²) in [6.45, 7) is 7.15. The van der Waals surface area contributed by atoms with Crippen molar-refractivity contribution in [3.8, 4) is 0 Å². The highest BCUT2D eigenvalue weighted by atomic mass is 16.5. The number of anilines is 1. The molecule has 0 unspecified atom stereocenters. The van der Waals surface area contributed by atoms with Crippen molar-refractivity contribution < 1.29 is 14.3 Å². The van der Waals surface area contributed by atoms with Gasteiger partial charge in [0.15, 0.2) is 5.78 Å². The molecule has 0 aliphatic heterocycles. The van der Waals surface area contributed by atoms with Gasteiger partial charge in [-0.25, -0.2) is 4.79 Å². The molecule has 98 valence electrons. The van der Waals surface area contributed by atoms with Crippen LogP contribution in [0.3, 0.4) is 0 Å². The summed E-state index contributed by atoms with van der Waals surface area (Å²) in [7, 11) is 0. The van der Waals surface area contributed by atoms with E-state index in [0.717, 1.165) is 5.69 Å². The summed E-state index contributed by atoms with van der Waals surface area (Å²) in [5, 5.41) is 3.08. The lowest BCUT2D eigenvalue weighted by Gasteiger charge is -2.25. The molecule has 0 heterocycles. The fraction of sp³-hybridized carbons (Fsp3) is 0.429. The quantitative estimate of drug-likeness (QED) is 0.644. The van der Waals surface area contributed by atoms with Crippen LogP contribution in [0.15, 0.2) is 24.3 Å². The van der Waals surface area contributed by atoms with Gasteiger partial charge in [-0.1, -0.05) is 0 Å². The average molecular weight is 249 g/mol. The number of esters is 1. The fourth-order valence-electron chi connectivity index (χ4n) is 1.51. The maximum absolute atomic E-state index is 11.7. The third-order valence-corrected chi connectivity index (χ3v) is 2.53. The average Bonchev–Trinajstić information content (AvgIpc) is 2.29. The van der Waals surface area contributed by atoms with Crippen LogP contribution in [0.4, 0.5) is 5.69 Å². The molecule has 4 nitrogen and oxygen atoms in total. The van der Waals surface area contributed by atoms with Crippen molar-refractivity contribution in [3.63, 3.8) is 0 Å². The van der Waals surface area contributed by atoms with Crippen molar-refractivity contribution >= 4 is 17.4 Å². The zero-order chi connectivity index (χ0) is 13.8. The maximum Gasteiger partial charge on any atom is 0.331 e. The van der Waals surface area contributed by atoms with Gasteiger partial charge < -0.3 is 10.1 Å². The Morgan fingerprint density at radius 3 is 2.22 bits per heavy atom. The van der Waals surface area contributed by atoms with Crippen molar-refractivity contribution in [1.29, 1.82) is 0 Å². The van der Waals surface area contributed by atoms with Gasteiger partial charge in [0.05, 0.1) is 6.61 Å². The van der Waals surface area contributed by atoms with Crippen molar-refractivity contribution in [2.24, 2.45) is 0 Å². The number of Topliss-reactive ketones (excluding diaryl/α,β-unsaturated/α-hetero) is 1. The van der Waals surface area contributed by atoms with Crippen LogP contribution in [0, 0.1) is 0 Å². The van der Waals surface area contributed by atoms with Gasteiger partial charge >= 0.3 is 5.97 Å². The predicted molar refractivity (Wildman–Crippen MR) is 70.8 cm³/mol. The normalized spacial score (nSPS) is 10.9. The van der Waals surface area contributed by atoms with Crippen LogP contribution in [0.5, 0.6) is 0 Å². The molecule has 4 heteroatoms. The summed E-state index contributed by atoms with van der Waals surface area (Å²) in [4.78, 5) is 22.8. The van der Waals surface area contributed by atoms with Crippen LogP contribution in [0.2, 0.25) is 0 Å². The molecule has 0 aliphatic rings. The van der Waals surface area contributed by atoms with E-state index in [4.69, 9.17) is 4.74 Å². The minimum Gasteiger partial charge on any atom is -0.464 e. The molecular formula is C14H19NO3. The third-order valence-electron chi connectivity index (χ3n) is 2.53. The van der Waals surface area contributed by atoms with Crippen LogP contribution in [-0.4, -0.2) is 23.9 Å². The van der Waals surface area contributed by atoms with E-state index in [-0.39, 0.29) is 11.8 Å². The van der Waals surface area contributed by atoms with Crippen molar-refractivity contribution in [2.45, 2.75) is 33.2 Å². The molecule has 1 rings (SSSR count). The molecule has 0 saturated heterocycles. The Balaban J connectivity index is 2.78. The largest absolute Gasteiger partial charge is 0.464 e. The zero-order valence-electron chi connectivity index (χ0n) is 11.2. The second kappa shape index (κ2) is 5.67. The Kier molecular flexibility index (Phi) is 4.48. The molecule has 0 saturated carbocycles. The first-order valence-corrected chi connectivity index (χ1v) is 5.93. The molecule has 0 amide bonds. The molecule has 1 aromatic rings. The summed E-state index contributed by atoms with van der Waals surface area (Å²) in [5.74, 6) is -0.285. The summed E-state index contributed by atoms with van der Waals surface area (Å²) in [6.07, 6.45) is 0. The number of hydrogen-bond donors (Lipinski definition) is 1.